The SMILES string of the molecule is O=C(O)C1=CC2C=CC3C=CC1[C@@H]32. The Balaban J connectivity index is 2.07. The zero-order valence-corrected chi connectivity index (χ0v) is 7.05. The topological polar surface area (TPSA) is 37.3 Å². The van der Waals surface area contributed by atoms with Crippen LogP contribution >= 0.6 is 0 Å². The molecule has 0 spiro atoms. The van der Waals surface area contributed by atoms with Gasteiger partial charge in [-0.25, -0.2) is 4.79 Å². The highest BCUT2D eigenvalue weighted by molar-refractivity contribution is 5.89. The van der Waals surface area contributed by atoms with Crippen molar-refractivity contribution in [2.75, 3.05) is 0 Å². The first kappa shape index (κ1) is 7.13. The zero-order chi connectivity index (χ0) is 9.00. The van der Waals surface area contributed by atoms with Crippen molar-refractivity contribution in [3.05, 3.63) is 36.0 Å². The highest BCUT2D eigenvalue weighted by Crippen LogP contribution is 2.50. The van der Waals surface area contributed by atoms with E-state index in [1.165, 1.54) is 0 Å². The van der Waals surface area contributed by atoms with Crippen molar-refractivity contribution in [2.45, 2.75) is 0 Å². The van der Waals surface area contributed by atoms with Crippen LogP contribution in [-0.2, 0) is 4.79 Å². The Morgan fingerprint density at radius 3 is 2.62 bits per heavy atom. The average Bonchev–Trinajstić information content (AvgIpc) is 2.72. The third-order valence-electron chi connectivity index (χ3n) is 3.38. The zero-order valence-electron chi connectivity index (χ0n) is 7.05. The normalized spacial score (nSPS) is 43.8. The van der Waals surface area contributed by atoms with E-state index < -0.39 is 5.97 Å². The summed E-state index contributed by atoms with van der Waals surface area (Å²) in [5, 5.41) is 8.96. The van der Waals surface area contributed by atoms with Gasteiger partial charge in [0.2, 0.25) is 0 Å². The molecule has 13 heavy (non-hydrogen) atoms. The van der Waals surface area contributed by atoms with Gasteiger partial charge in [0.15, 0.2) is 0 Å². The second-order valence-electron chi connectivity index (χ2n) is 3.95. The van der Waals surface area contributed by atoms with Crippen LogP contribution in [0.5, 0.6) is 0 Å². The molecular formula is C11H10O2. The van der Waals surface area contributed by atoms with Gasteiger partial charge in [0.05, 0.1) is 0 Å². The molecule has 4 atom stereocenters. The van der Waals surface area contributed by atoms with Crippen molar-refractivity contribution in [2.24, 2.45) is 23.7 Å². The van der Waals surface area contributed by atoms with Crippen molar-refractivity contribution < 1.29 is 9.90 Å². The molecule has 3 aliphatic carbocycles. The predicted octanol–water partition coefficient (Wildman–Crippen LogP) is 1.62. The molecule has 0 saturated heterocycles. The number of allylic oxidation sites excluding steroid dienone is 5. The molecule has 1 N–H and O–H groups in total. The molecule has 3 unspecified atom stereocenters. The quantitative estimate of drug-likeness (QED) is 0.613. The van der Waals surface area contributed by atoms with Crippen LogP contribution in [0.2, 0.25) is 0 Å². The van der Waals surface area contributed by atoms with Crippen LogP contribution in [0.25, 0.3) is 0 Å². The predicted molar refractivity (Wildman–Crippen MR) is 48.0 cm³/mol. The Kier molecular flexibility index (Phi) is 1.17. The molecule has 0 fully saturated rings. The first-order valence-electron chi connectivity index (χ1n) is 4.59. The van der Waals surface area contributed by atoms with Crippen molar-refractivity contribution in [3.63, 3.8) is 0 Å². The van der Waals surface area contributed by atoms with Gasteiger partial charge >= 0.3 is 5.97 Å². The first-order chi connectivity index (χ1) is 6.27. The molecular weight excluding hydrogens is 164 g/mol. The molecule has 0 aromatic carbocycles. The van der Waals surface area contributed by atoms with Crippen molar-refractivity contribution in [1.82, 2.24) is 0 Å². The van der Waals surface area contributed by atoms with E-state index in [1.807, 2.05) is 6.08 Å². The number of hydrogen-bond acceptors (Lipinski definition) is 1. The number of carbonyl (C=O) groups is 1. The molecule has 0 saturated carbocycles. The number of rotatable bonds is 1. The van der Waals surface area contributed by atoms with E-state index in [-0.39, 0.29) is 5.92 Å². The third kappa shape index (κ3) is 0.755. The maximum atomic E-state index is 10.9. The summed E-state index contributed by atoms with van der Waals surface area (Å²) in [5.41, 5.74) is 0.595. The molecule has 0 aromatic rings. The van der Waals surface area contributed by atoms with Crippen LogP contribution in [0, 0.1) is 23.7 Å². The van der Waals surface area contributed by atoms with Crippen LogP contribution in [0.15, 0.2) is 36.0 Å². The molecule has 0 heterocycles. The molecule has 0 amide bonds. The Morgan fingerprint density at radius 2 is 1.85 bits per heavy atom. The lowest BCUT2D eigenvalue weighted by Crippen LogP contribution is -2.15. The fourth-order valence-electron chi connectivity index (χ4n) is 2.83. The molecule has 0 aliphatic heterocycles. The smallest absolute Gasteiger partial charge is 0.331 e. The number of carboxylic acids is 1. The maximum absolute atomic E-state index is 10.9. The summed E-state index contributed by atoms with van der Waals surface area (Å²) >= 11 is 0. The summed E-state index contributed by atoms with van der Waals surface area (Å²) in [5.74, 6) is 0.769. The van der Waals surface area contributed by atoms with Gasteiger partial charge in [0.25, 0.3) is 0 Å². The fraction of sp³-hybridized carbons (Fsp3) is 0.364. The standard InChI is InChI=1S/C11H10O2/c12-11(13)9-5-7-2-1-6-3-4-8(9)10(6)7/h1-8,10H,(H,12,13)/t6?,7?,8?,10-/m0/s1. The van der Waals surface area contributed by atoms with Crippen molar-refractivity contribution in [3.8, 4) is 0 Å². The summed E-state index contributed by atoms with van der Waals surface area (Å²) < 4.78 is 0. The highest BCUT2D eigenvalue weighted by atomic mass is 16.4. The Bertz CT molecular complexity index is 362. The van der Waals surface area contributed by atoms with Gasteiger partial charge < -0.3 is 5.11 Å². The molecule has 3 rings (SSSR count). The Labute approximate surface area is 76.3 Å². The van der Waals surface area contributed by atoms with Gasteiger partial charge in [-0.05, 0) is 11.8 Å². The van der Waals surface area contributed by atoms with E-state index in [0.717, 1.165) is 0 Å². The van der Waals surface area contributed by atoms with Crippen LogP contribution in [-0.4, -0.2) is 11.1 Å². The lowest BCUT2D eigenvalue weighted by molar-refractivity contribution is -0.133. The summed E-state index contributed by atoms with van der Waals surface area (Å²) in [6.45, 7) is 0. The fourth-order valence-corrected chi connectivity index (χ4v) is 2.83. The summed E-state index contributed by atoms with van der Waals surface area (Å²) in [7, 11) is 0. The van der Waals surface area contributed by atoms with E-state index >= 15 is 0 Å². The van der Waals surface area contributed by atoms with Gasteiger partial charge in [0, 0.05) is 17.4 Å². The molecule has 2 heteroatoms. The lowest BCUT2D eigenvalue weighted by Gasteiger charge is -2.15. The van der Waals surface area contributed by atoms with Gasteiger partial charge in [-0.1, -0.05) is 30.4 Å². The second-order valence-corrected chi connectivity index (χ2v) is 3.95. The summed E-state index contributed by atoms with van der Waals surface area (Å²) in [6, 6.07) is 0. The largest absolute Gasteiger partial charge is 0.478 e. The summed E-state index contributed by atoms with van der Waals surface area (Å²) in [4.78, 5) is 10.9. The highest BCUT2D eigenvalue weighted by Gasteiger charge is 2.45. The van der Waals surface area contributed by atoms with Crippen molar-refractivity contribution >= 4 is 5.97 Å². The van der Waals surface area contributed by atoms with Crippen LogP contribution in [0.1, 0.15) is 0 Å². The number of aliphatic carboxylic acids is 1. The van der Waals surface area contributed by atoms with E-state index in [2.05, 4.69) is 24.3 Å². The molecule has 3 aliphatic rings. The van der Waals surface area contributed by atoms with E-state index in [1.54, 1.807) is 0 Å². The Morgan fingerprint density at radius 1 is 1.15 bits per heavy atom. The van der Waals surface area contributed by atoms with Gasteiger partial charge in [-0.2, -0.15) is 0 Å². The summed E-state index contributed by atoms with van der Waals surface area (Å²) in [6.07, 6.45) is 10.4. The van der Waals surface area contributed by atoms with Crippen LogP contribution < -0.4 is 0 Å². The Hall–Kier alpha value is -1.31. The minimum Gasteiger partial charge on any atom is -0.478 e. The molecule has 0 bridgehead atoms. The minimum atomic E-state index is -0.752. The molecule has 66 valence electrons. The molecule has 0 radical (unpaired) electrons. The number of hydrogen-bond donors (Lipinski definition) is 1. The monoisotopic (exact) mass is 174 g/mol. The van der Waals surface area contributed by atoms with Crippen LogP contribution in [0.4, 0.5) is 0 Å². The van der Waals surface area contributed by atoms with Crippen LogP contribution in [0.3, 0.4) is 0 Å². The van der Waals surface area contributed by atoms with E-state index in [0.29, 0.717) is 23.3 Å². The lowest BCUT2D eigenvalue weighted by atomic mass is 9.87. The van der Waals surface area contributed by atoms with Crippen molar-refractivity contribution in [1.29, 1.82) is 0 Å². The number of carboxylic acid groups (broad SMARTS) is 1. The van der Waals surface area contributed by atoms with E-state index in [4.69, 9.17) is 5.11 Å². The minimum absolute atomic E-state index is 0.169. The molecule has 0 aromatic heterocycles. The molecule has 2 nitrogen and oxygen atoms in total. The first-order valence-corrected chi connectivity index (χ1v) is 4.59. The van der Waals surface area contributed by atoms with Gasteiger partial charge in [-0.3, -0.25) is 0 Å². The van der Waals surface area contributed by atoms with Gasteiger partial charge in [0.1, 0.15) is 0 Å². The average molecular weight is 174 g/mol. The maximum Gasteiger partial charge on any atom is 0.331 e. The third-order valence-corrected chi connectivity index (χ3v) is 3.38. The second kappa shape index (κ2) is 2.13. The van der Waals surface area contributed by atoms with E-state index in [9.17, 15) is 4.79 Å². The van der Waals surface area contributed by atoms with Gasteiger partial charge in [-0.15, -0.1) is 0 Å².